The van der Waals surface area contributed by atoms with Crippen molar-refractivity contribution in [3.8, 4) is 5.75 Å². The number of hydrogen-bond acceptors (Lipinski definition) is 4. The molecular weight excluding hydrogens is 368 g/mol. The van der Waals surface area contributed by atoms with Crippen molar-refractivity contribution in [3.05, 3.63) is 77.7 Å². The molecule has 1 amide bonds. The number of aliphatic hydroxyl groups is 2. The van der Waals surface area contributed by atoms with Gasteiger partial charge < -0.3 is 24.8 Å². The molecule has 0 saturated heterocycles. The summed E-state index contributed by atoms with van der Waals surface area (Å²) in [5, 5.41) is 24.3. The Morgan fingerprint density at radius 2 is 2.07 bits per heavy atom. The summed E-state index contributed by atoms with van der Waals surface area (Å²) in [6.07, 6.45) is 3.81. The molecule has 1 aromatic heterocycles. The van der Waals surface area contributed by atoms with Gasteiger partial charge in [-0.05, 0) is 42.7 Å². The summed E-state index contributed by atoms with van der Waals surface area (Å²) < 4.78 is 7.34. The van der Waals surface area contributed by atoms with Crippen LogP contribution in [0, 0.1) is 0 Å². The van der Waals surface area contributed by atoms with Crippen molar-refractivity contribution >= 4 is 16.8 Å². The first-order chi connectivity index (χ1) is 14.0. The third kappa shape index (κ3) is 4.27. The lowest BCUT2D eigenvalue weighted by Crippen LogP contribution is -2.27. The molecule has 1 aliphatic rings. The minimum absolute atomic E-state index is 0.139. The van der Waals surface area contributed by atoms with E-state index in [4.69, 9.17) is 4.74 Å². The van der Waals surface area contributed by atoms with Gasteiger partial charge in [-0.2, -0.15) is 0 Å². The molecule has 3 N–H and O–H groups in total. The van der Waals surface area contributed by atoms with Crippen LogP contribution in [0.2, 0.25) is 0 Å². The molecule has 0 spiro atoms. The van der Waals surface area contributed by atoms with Crippen LogP contribution in [0.15, 0.2) is 66.6 Å². The van der Waals surface area contributed by atoms with E-state index in [2.05, 4.69) is 5.32 Å². The number of nitrogens with zero attached hydrogens (tertiary/aromatic N) is 1. The van der Waals surface area contributed by atoms with Crippen molar-refractivity contribution in [2.24, 2.45) is 0 Å². The quantitative estimate of drug-likeness (QED) is 0.425. The average Bonchev–Trinajstić information content (AvgIpc) is 3.47. The molecule has 1 fully saturated rings. The number of carbonyl (C=O) groups is 1. The Bertz CT molecular complexity index is 1070. The first-order valence-corrected chi connectivity index (χ1v) is 9.65. The number of fused-ring (bicyclic) bond motifs is 1. The van der Waals surface area contributed by atoms with E-state index in [1.807, 2.05) is 59.3 Å². The van der Waals surface area contributed by atoms with Crippen LogP contribution in [0.25, 0.3) is 10.9 Å². The number of para-hydroxylation sites is 1. The Labute approximate surface area is 169 Å². The van der Waals surface area contributed by atoms with Crippen LogP contribution < -0.4 is 10.1 Å². The van der Waals surface area contributed by atoms with E-state index in [0.29, 0.717) is 12.1 Å². The summed E-state index contributed by atoms with van der Waals surface area (Å²) in [4.78, 5) is 12.0. The molecule has 0 bridgehead atoms. The molecule has 2 aromatic carbocycles. The molecule has 1 atom stereocenters. The molecule has 0 aliphatic heterocycles. The van der Waals surface area contributed by atoms with Gasteiger partial charge in [0.25, 0.3) is 5.91 Å². The zero-order valence-electron chi connectivity index (χ0n) is 16.2. The van der Waals surface area contributed by atoms with E-state index < -0.39 is 17.8 Å². The monoisotopic (exact) mass is 392 g/mol. The van der Waals surface area contributed by atoms with Crippen molar-refractivity contribution < 1.29 is 19.7 Å². The first-order valence-electron chi connectivity index (χ1n) is 9.65. The minimum Gasteiger partial charge on any atom is -0.503 e. The summed E-state index contributed by atoms with van der Waals surface area (Å²) in [6.45, 7) is 0.599. The number of hydrogen-bond donors (Lipinski definition) is 3. The number of ether oxygens (including phenoxy) is 1. The van der Waals surface area contributed by atoms with E-state index in [9.17, 15) is 15.0 Å². The number of aromatic nitrogens is 1. The first kappa shape index (κ1) is 19.1. The van der Waals surface area contributed by atoms with Gasteiger partial charge in [0, 0.05) is 35.2 Å². The fraction of sp³-hybridized carbons (Fsp3) is 0.261. The Morgan fingerprint density at radius 1 is 1.28 bits per heavy atom. The number of carbonyl (C=O) groups excluding carboxylic acids is 1. The second-order valence-electron chi connectivity index (χ2n) is 7.33. The Hall–Kier alpha value is -3.25. The SMILES string of the molecule is COc1cccc(Cn2cc(C(O)/C=C(\O)C(=O)NC3CC3)c3ccccc32)c1. The molecule has 3 aromatic rings. The smallest absolute Gasteiger partial charge is 0.286 e. The second-order valence-corrected chi connectivity index (χ2v) is 7.33. The largest absolute Gasteiger partial charge is 0.503 e. The summed E-state index contributed by atoms with van der Waals surface area (Å²) in [5.74, 6) is -0.227. The predicted molar refractivity (Wildman–Crippen MR) is 111 cm³/mol. The number of amides is 1. The molecule has 0 radical (unpaired) electrons. The van der Waals surface area contributed by atoms with Crippen molar-refractivity contribution in [2.75, 3.05) is 7.11 Å². The highest BCUT2D eigenvalue weighted by atomic mass is 16.5. The zero-order valence-corrected chi connectivity index (χ0v) is 16.2. The lowest BCUT2D eigenvalue weighted by molar-refractivity contribution is -0.120. The van der Waals surface area contributed by atoms with Gasteiger partial charge in [0.15, 0.2) is 5.76 Å². The summed E-state index contributed by atoms with van der Waals surface area (Å²) in [6, 6.07) is 15.7. The molecule has 1 heterocycles. The van der Waals surface area contributed by atoms with Crippen LogP contribution in [0.3, 0.4) is 0 Å². The number of methoxy groups -OCH3 is 1. The van der Waals surface area contributed by atoms with Gasteiger partial charge in [-0.15, -0.1) is 0 Å². The maximum absolute atomic E-state index is 12.0. The van der Waals surface area contributed by atoms with Crippen LogP contribution in [0.4, 0.5) is 0 Å². The summed E-state index contributed by atoms with van der Waals surface area (Å²) >= 11 is 0. The molecule has 29 heavy (non-hydrogen) atoms. The second kappa shape index (κ2) is 8.01. The van der Waals surface area contributed by atoms with Gasteiger partial charge in [-0.25, -0.2) is 0 Å². The highest BCUT2D eigenvalue weighted by molar-refractivity contribution is 5.91. The third-order valence-corrected chi connectivity index (χ3v) is 5.09. The fourth-order valence-corrected chi connectivity index (χ4v) is 3.41. The molecule has 150 valence electrons. The summed E-state index contributed by atoms with van der Waals surface area (Å²) in [7, 11) is 1.64. The number of benzene rings is 2. The van der Waals surface area contributed by atoms with E-state index in [1.54, 1.807) is 7.11 Å². The van der Waals surface area contributed by atoms with E-state index in [1.165, 1.54) is 6.08 Å². The lowest BCUT2D eigenvalue weighted by Gasteiger charge is -2.08. The standard InChI is InChI=1S/C23H24N2O4/c1-29-17-6-4-5-15(11-17)13-25-14-19(18-7-2-3-8-20(18)25)21(26)12-22(27)23(28)24-16-9-10-16/h2-8,11-12,14,16,21,26-27H,9-10,13H2,1H3,(H,24,28)/b22-12-. The van der Waals surface area contributed by atoms with Crippen LogP contribution in [-0.2, 0) is 11.3 Å². The highest BCUT2D eigenvalue weighted by Crippen LogP contribution is 2.29. The van der Waals surface area contributed by atoms with E-state index in [-0.39, 0.29) is 6.04 Å². The van der Waals surface area contributed by atoms with Crippen LogP contribution in [0.1, 0.15) is 30.1 Å². The molecule has 6 nitrogen and oxygen atoms in total. The summed E-state index contributed by atoms with van der Waals surface area (Å²) in [5.41, 5.74) is 2.65. The molecular formula is C23H24N2O4. The van der Waals surface area contributed by atoms with E-state index in [0.717, 1.165) is 35.1 Å². The molecule has 1 aliphatic carbocycles. The molecule has 1 saturated carbocycles. The molecule has 6 heteroatoms. The van der Waals surface area contributed by atoms with Gasteiger partial charge in [0.1, 0.15) is 11.9 Å². The highest BCUT2D eigenvalue weighted by Gasteiger charge is 2.25. The Kier molecular flexibility index (Phi) is 5.27. The number of aliphatic hydroxyl groups excluding tert-OH is 2. The molecule has 1 unspecified atom stereocenters. The maximum Gasteiger partial charge on any atom is 0.286 e. The van der Waals surface area contributed by atoms with Gasteiger partial charge in [-0.3, -0.25) is 4.79 Å². The van der Waals surface area contributed by atoms with Gasteiger partial charge in [0.05, 0.1) is 7.11 Å². The Balaban J connectivity index is 1.63. The fourth-order valence-electron chi connectivity index (χ4n) is 3.41. The number of rotatable bonds is 7. The van der Waals surface area contributed by atoms with Gasteiger partial charge in [0.2, 0.25) is 0 Å². The van der Waals surface area contributed by atoms with Crippen LogP contribution in [-0.4, -0.2) is 33.8 Å². The Morgan fingerprint density at radius 3 is 2.83 bits per heavy atom. The van der Waals surface area contributed by atoms with Crippen molar-refractivity contribution in [2.45, 2.75) is 31.5 Å². The topological polar surface area (TPSA) is 83.7 Å². The van der Waals surface area contributed by atoms with Gasteiger partial charge in [-0.1, -0.05) is 30.3 Å². The minimum atomic E-state index is -1.10. The zero-order chi connectivity index (χ0) is 20.4. The average molecular weight is 392 g/mol. The van der Waals surface area contributed by atoms with Crippen molar-refractivity contribution in [3.63, 3.8) is 0 Å². The molecule has 4 rings (SSSR count). The van der Waals surface area contributed by atoms with Crippen molar-refractivity contribution in [1.29, 1.82) is 0 Å². The predicted octanol–water partition coefficient (Wildman–Crippen LogP) is 3.45. The van der Waals surface area contributed by atoms with Crippen molar-refractivity contribution in [1.82, 2.24) is 9.88 Å². The maximum atomic E-state index is 12.0. The van der Waals surface area contributed by atoms with Crippen LogP contribution in [0.5, 0.6) is 5.75 Å². The van der Waals surface area contributed by atoms with E-state index >= 15 is 0 Å². The lowest BCUT2D eigenvalue weighted by atomic mass is 10.1. The normalized spacial score (nSPS) is 15.3. The third-order valence-electron chi connectivity index (χ3n) is 5.09. The number of nitrogens with one attached hydrogen (secondary N) is 1. The van der Waals surface area contributed by atoms with Gasteiger partial charge >= 0.3 is 0 Å². The van der Waals surface area contributed by atoms with Crippen LogP contribution >= 0.6 is 0 Å².